The summed E-state index contributed by atoms with van der Waals surface area (Å²) in [6.45, 7) is 3.95. The first kappa shape index (κ1) is 16.8. The molecule has 0 bridgehead atoms. The van der Waals surface area contributed by atoms with Crippen molar-refractivity contribution in [1.29, 1.82) is 0 Å². The van der Waals surface area contributed by atoms with Crippen LogP contribution in [0.25, 0.3) is 0 Å². The number of halogens is 3. The van der Waals surface area contributed by atoms with E-state index < -0.39 is 16.8 Å². The smallest absolute Gasteiger partial charge is 0.271 e. The molecule has 0 aromatic heterocycles. The van der Waals surface area contributed by atoms with Crippen LogP contribution >= 0.6 is 11.8 Å². The number of carbonyl (C=O) groups is 1. The highest BCUT2D eigenvalue weighted by Gasteiger charge is 2.43. The zero-order valence-electron chi connectivity index (χ0n) is 12.5. The minimum Gasteiger partial charge on any atom is -0.271 e. The van der Waals surface area contributed by atoms with Gasteiger partial charge in [-0.05, 0) is 51.4 Å². The number of nitrogens with zero attached hydrogens (tertiary/aromatic N) is 1. The van der Waals surface area contributed by atoms with Crippen molar-refractivity contribution in [2.24, 2.45) is 16.8 Å². The molecule has 0 N–H and O–H groups in total. The summed E-state index contributed by atoms with van der Waals surface area (Å²) in [5.74, 6) is -0.973. The van der Waals surface area contributed by atoms with Crippen LogP contribution in [0, 0.1) is 11.8 Å². The van der Waals surface area contributed by atoms with E-state index in [9.17, 15) is 18.0 Å². The Kier molecular flexibility index (Phi) is 5.06. The molecule has 0 aromatic rings. The molecule has 0 saturated heterocycles. The van der Waals surface area contributed by atoms with Crippen molar-refractivity contribution >= 4 is 22.7 Å². The van der Waals surface area contributed by atoms with Crippen molar-refractivity contribution in [2.45, 2.75) is 69.7 Å². The normalized spacial score (nSPS) is 34.1. The van der Waals surface area contributed by atoms with Gasteiger partial charge in [0.1, 0.15) is 0 Å². The number of hydrogen-bond acceptors (Lipinski definition) is 2. The van der Waals surface area contributed by atoms with Gasteiger partial charge in [0, 0.05) is 0 Å². The minimum atomic E-state index is -4.06. The predicted octanol–water partition coefficient (Wildman–Crippen LogP) is 4.98. The van der Waals surface area contributed by atoms with Crippen LogP contribution in [0.2, 0.25) is 0 Å². The molecule has 120 valence electrons. The van der Waals surface area contributed by atoms with Crippen LogP contribution in [-0.4, -0.2) is 21.9 Å². The zero-order valence-corrected chi connectivity index (χ0v) is 13.3. The van der Waals surface area contributed by atoms with Crippen molar-refractivity contribution in [3.05, 3.63) is 0 Å². The number of amides is 1. The highest BCUT2D eigenvalue weighted by atomic mass is 32.2. The van der Waals surface area contributed by atoms with Gasteiger partial charge in [-0.15, -0.1) is 0 Å². The molecular formula is C15H22F3NOS. The van der Waals surface area contributed by atoms with Crippen molar-refractivity contribution in [2.75, 3.05) is 0 Å². The quantitative estimate of drug-likeness (QED) is 0.731. The second-order valence-corrected chi connectivity index (χ2v) is 7.93. The Labute approximate surface area is 128 Å². The third-order valence-electron chi connectivity index (χ3n) is 4.52. The van der Waals surface area contributed by atoms with E-state index in [1.165, 1.54) is 11.8 Å². The topological polar surface area (TPSA) is 29.4 Å². The lowest BCUT2D eigenvalue weighted by Gasteiger charge is -2.29. The van der Waals surface area contributed by atoms with Gasteiger partial charge in [-0.2, -0.15) is 13.2 Å². The fourth-order valence-corrected chi connectivity index (χ4v) is 4.63. The average molecular weight is 321 g/mol. The summed E-state index contributed by atoms with van der Waals surface area (Å²) in [4.78, 5) is 16.1. The van der Waals surface area contributed by atoms with E-state index in [0.29, 0.717) is 19.3 Å². The SMILES string of the molecule is CCC[C@]1(C)SC(CC2CCC(C(F)(F)F)CC2)=NC1=O. The Morgan fingerprint density at radius 3 is 2.43 bits per heavy atom. The van der Waals surface area contributed by atoms with Gasteiger partial charge in [0.05, 0.1) is 15.7 Å². The molecule has 0 radical (unpaired) electrons. The molecule has 0 unspecified atom stereocenters. The Bertz CT molecular complexity index is 427. The summed E-state index contributed by atoms with van der Waals surface area (Å²) in [6, 6.07) is 0. The molecule has 1 aliphatic carbocycles. The number of carbonyl (C=O) groups excluding carboxylic acids is 1. The molecule has 1 saturated carbocycles. The molecule has 2 nitrogen and oxygen atoms in total. The van der Waals surface area contributed by atoms with E-state index in [1.54, 1.807) is 0 Å². The molecule has 1 fully saturated rings. The molecule has 2 rings (SSSR count). The predicted molar refractivity (Wildman–Crippen MR) is 79.5 cm³/mol. The third kappa shape index (κ3) is 4.02. The van der Waals surface area contributed by atoms with E-state index >= 15 is 0 Å². The molecule has 6 heteroatoms. The third-order valence-corrected chi connectivity index (χ3v) is 5.84. The maximum atomic E-state index is 12.6. The Morgan fingerprint density at radius 1 is 1.29 bits per heavy atom. The zero-order chi connectivity index (χ0) is 15.7. The standard InChI is InChI=1S/C15H22F3NOS/c1-3-8-14(2)13(20)19-12(21-14)9-10-4-6-11(7-5-10)15(16,17)18/h10-11H,3-9H2,1-2H3/t10?,11?,14-/m0/s1. The van der Waals surface area contributed by atoms with Gasteiger partial charge in [0.15, 0.2) is 0 Å². The van der Waals surface area contributed by atoms with Gasteiger partial charge in [-0.1, -0.05) is 25.1 Å². The Balaban J connectivity index is 1.85. The van der Waals surface area contributed by atoms with Crippen LogP contribution in [0.3, 0.4) is 0 Å². The van der Waals surface area contributed by atoms with Gasteiger partial charge >= 0.3 is 6.18 Å². The second kappa shape index (κ2) is 6.31. The van der Waals surface area contributed by atoms with Gasteiger partial charge in [0.2, 0.25) is 0 Å². The maximum absolute atomic E-state index is 12.6. The van der Waals surface area contributed by atoms with Gasteiger partial charge in [-0.3, -0.25) is 4.79 Å². The Hall–Kier alpha value is -0.520. The fourth-order valence-electron chi connectivity index (χ4n) is 3.22. The van der Waals surface area contributed by atoms with Crippen molar-refractivity contribution < 1.29 is 18.0 Å². The summed E-state index contributed by atoms with van der Waals surface area (Å²) in [5, 5.41) is 0.825. The highest BCUT2D eigenvalue weighted by molar-refractivity contribution is 8.16. The highest BCUT2D eigenvalue weighted by Crippen LogP contribution is 2.44. The van der Waals surface area contributed by atoms with Crippen LogP contribution < -0.4 is 0 Å². The summed E-state index contributed by atoms with van der Waals surface area (Å²) >= 11 is 1.52. The summed E-state index contributed by atoms with van der Waals surface area (Å²) < 4.78 is 37.5. The molecular weight excluding hydrogens is 299 g/mol. The monoisotopic (exact) mass is 321 g/mol. The van der Waals surface area contributed by atoms with E-state index in [-0.39, 0.29) is 24.7 Å². The lowest BCUT2D eigenvalue weighted by molar-refractivity contribution is -0.183. The molecule has 0 spiro atoms. The molecule has 1 heterocycles. The van der Waals surface area contributed by atoms with E-state index in [2.05, 4.69) is 4.99 Å². The van der Waals surface area contributed by atoms with Crippen molar-refractivity contribution in [3.8, 4) is 0 Å². The summed E-state index contributed by atoms with van der Waals surface area (Å²) in [7, 11) is 0. The Morgan fingerprint density at radius 2 is 1.90 bits per heavy atom. The van der Waals surface area contributed by atoms with E-state index in [4.69, 9.17) is 0 Å². The van der Waals surface area contributed by atoms with Crippen LogP contribution in [0.1, 0.15) is 58.8 Å². The number of thioether (sulfide) groups is 1. The first-order valence-corrected chi connectivity index (χ1v) is 8.44. The molecule has 1 amide bonds. The first-order chi connectivity index (χ1) is 9.74. The second-order valence-electron chi connectivity index (χ2n) is 6.36. The van der Waals surface area contributed by atoms with Crippen LogP contribution in [-0.2, 0) is 4.79 Å². The van der Waals surface area contributed by atoms with Crippen LogP contribution in [0.15, 0.2) is 4.99 Å². The number of rotatable bonds is 4. The van der Waals surface area contributed by atoms with Crippen molar-refractivity contribution in [1.82, 2.24) is 0 Å². The number of aliphatic imine (C=N–C) groups is 1. The maximum Gasteiger partial charge on any atom is 0.391 e. The van der Waals surface area contributed by atoms with Gasteiger partial charge in [-0.25, -0.2) is 4.99 Å². The summed E-state index contributed by atoms with van der Waals surface area (Å²) in [6.07, 6.45) is -0.0664. The van der Waals surface area contributed by atoms with E-state index in [1.807, 2.05) is 13.8 Å². The van der Waals surface area contributed by atoms with Crippen molar-refractivity contribution in [3.63, 3.8) is 0 Å². The lowest BCUT2D eigenvalue weighted by atomic mass is 9.80. The molecule has 21 heavy (non-hydrogen) atoms. The minimum absolute atomic E-state index is 0.0756. The van der Waals surface area contributed by atoms with Crippen LogP contribution in [0.5, 0.6) is 0 Å². The molecule has 1 atom stereocenters. The van der Waals surface area contributed by atoms with E-state index in [0.717, 1.165) is 17.9 Å². The molecule has 0 aromatic carbocycles. The number of alkyl halides is 3. The number of hydrogen-bond donors (Lipinski definition) is 0. The lowest BCUT2D eigenvalue weighted by Crippen LogP contribution is -2.28. The molecule has 1 aliphatic heterocycles. The van der Waals surface area contributed by atoms with Gasteiger partial charge < -0.3 is 0 Å². The summed E-state index contributed by atoms with van der Waals surface area (Å²) in [5.41, 5.74) is 0. The van der Waals surface area contributed by atoms with Crippen LogP contribution in [0.4, 0.5) is 13.2 Å². The van der Waals surface area contributed by atoms with Gasteiger partial charge in [0.25, 0.3) is 5.91 Å². The largest absolute Gasteiger partial charge is 0.391 e. The first-order valence-electron chi connectivity index (χ1n) is 7.62. The average Bonchev–Trinajstić information content (AvgIpc) is 2.64. The fraction of sp³-hybridized carbons (Fsp3) is 0.867. The molecule has 2 aliphatic rings.